The lowest BCUT2D eigenvalue weighted by Crippen LogP contribution is -2.57. The Hall–Kier alpha value is -1.88. The molecule has 3 saturated heterocycles. The van der Waals surface area contributed by atoms with E-state index in [2.05, 4.69) is 20.2 Å². The molecule has 3 fully saturated rings. The number of hydrogen-bond acceptors (Lipinski definition) is 3. The number of benzene rings is 1. The van der Waals surface area contributed by atoms with Crippen LogP contribution in [0, 0.1) is 5.92 Å². The molecule has 3 aliphatic heterocycles. The van der Waals surface area contributed by atoms with Gasteiger partial charge in [-0.2, -0.15) is 0 Å². The molecule has 0 radical (unpaired) electrons. The summed E-state index contributed by atoms with van der Waals surface area (Å²) in [4.78, 5) is 22.3. The summed E-state index contributed by atoms with van der Waals surface area (Å²) in [5, 5.41) is 3.21. The van der Waals surface area contributed by atoms with E-state index in [9.17, 15) is 4.79 Å². The van der Waals surface area contributed by atoms with E-state index in [1.54, 1.807) is 6.33 Å². The largest absolute Gasteiger partial charge is 0.348 e. The van der Waals surface area contributed by atoms with Crippen LogP contribution < -0.4 is 5.32 Å². The van der Waals surface area contributed by atoms with Gasteiger partial charge in [-0.15, -0.1) is 0 Å². The summed E-state index contributed by atoms with van der Waals surface area (Å²) in [6.07, 6.45) is 4.05. The topological polar surface area (TPSA) is 61.0 Å². The summed E-state index contributed by atoms with van der Waals surface area (Å²) in [7, 11) is 0. The fraction of sp³-hybridized carbons (Fsp3) is 0.467. The van der Waals surface area contributed by atoms with Crippen LogP contribution in [0.4, 0.5) is 0 Å². The number of amides is 1. The highest BCUT2D eigenvalue weighted by atomic mass is 16.1. The fourth-order valence-electron chi connectivity index (χ4n) is 3.52. The first-order valence-electron chi connectivity index (χ1n) is 7.26. The van der Waals surface area contributed by atoms with Crippen molar-refractivity contribution in [3.8, 4) is 0 Å². The third kappa shape index (κ3) is 1.89. The first-order valence-corrected chi connectivity index (χ1v) is 7.26. The summed E-state index contributed by atoms with van der Waals surface area (Å²) in [6.45, 7) is 3.37. The van der Waals surface area contributed by atoms with Crippen LogP contribution in [0.5, 0.6) is 0 Å². The van der Waals surface area contributed by atoms with E-state index in [1.165, 1.54) is 25.9 Å². The molecule has 5 heteroatoms. The number of aromatic nitrogens is 2. The van der Waals surface area contributed by atoms with Crippen molar-refractivity contribution in [1.82, 2.24) is 20.2 Å². The van der Waals surface area contributed by atoms with Crippen molar-refractivity contribution < 1.29 is 4.79 Å². The number of nitrogens with one attached hydrogen (secondary N) is 2. The molecule has 3 aliphatic rings. The van der Waals surface area contributed by atoms with Gasteiger partial charge in [0, 0.05) is 12.6 Å². The van der Waals surface area contributed by atoms with Crippen LogP contribution in [0.25, 0.3) is 11.0 Å². The lowest BCUT2D eigenvalue weighted by atomic mass is 9.84. The van der Waals surface area contributed by atoms with Gasteiger partial charge in [0.15, 0.2) is 0 Å². The maximum absolute atomic E-state index is 12.5. The first kappa shape index (κ1) is 11.9. The van der Waals surface area contributed by atoms with E-state index < -0.39 is 0 Å². The van der Waals surface area contributed by atoms with Crippen LogP contribution in [-0.4, -0.2) is 46.5 Å². The molecule has 1 aromatic carbocycles. The van der Waals surface area contributed by atoms with E-state index in [4.69, 9.17) is 0 Å². The molecule has 1 aromatic heterocycles. The minimum absolute atomic E-state index is 0.00134. The number of para-hydroxylation sites is 1. The molecule has 0 spiro atoms. The predicted molar refractivity (Wildman–Crippen MR) is 76.5 cm³/mol. The van der Waals surface area contributed by atoms with Crippen molar-refractivity contribution in [1.29, 1.82) is 0 Å². The van der Waals surface area contributed by atoms with E-state index in [0.29, 0.717) is 17.5 Å². The molecular formula is C15H18N4O. The van der Waals surface area contributed by atoms with Gasteiger partial charge in [0.1, 0.15) is 5.52 Å². The maximum Gasteiger partial charge on any atom is 0.253 e. The zero-order chi connectivity index (χ0) is 13.5. The Balaban J connectivity index is 1.57. The lowest BCUT2D eigenvalue weighted by Gasteiger charge is -2.44. The number of hydrogen-bond donors (Lipinski definition) is 2. The second-order valence-electron chi connectivity index (χ2n) is 5.82. The fourth-order valence-corrected chi connectivity index (χ4v) is 3.52. The number of nitrogens with zero attached hydrogens (tertiary/aromatic N) is 2. The molecule has 4 heterocycles. The monoisotopic (exact) mass is 270 g/mol. The van der Waals surface area contributed by atoms with Crippen molar-refractivity contribution in [2.24, 2.45) is 5.92 Å². The zero-order valence-corrected chi connectivity index (χ0v) is 11.3. The van der Waals surface area contributed by atoms with Crippen LogP contribution in [0.1, 0.15) is 23.2 Å². The van der Waals surface area contributed by atoms with Gasteiger partial charge in [0.2, 0.25) is 0 Å². The number of H-pyrrole nitrogens is 1. The normalized spacial score (nSPS) is 28.7. The van der Waals surface area contributed by atoms with Gasteiger partial charge in [-0.1, -0.05) is 6.07 Å². The quantitative estimate of drug-likeness (QED) is 0.867. The molecule has 2 N–H and O–H groups in total. The van der Waals surface area contributed by atoms with E-state index in [1.807, 2.05) is 18.2 Å². The third-order valence-corrected chi connectivity index (χ3v) is 4.67. The average molecular weight is 270 g/mol. The number of carbonyl (C=O) groups is 1. The van der Waals surface area contributed by atoms with Crippen molar-refractivity contribution >= 4 is 16.9 Å². The summed E-state index contributed by atoms with van der Waals surface area (Å²) < 4.78 is 0. The number of rotatable bonds is 2. The Morgan fingerprint density at radius 3 is 2.95 bits per heavy atom. The molecule has 104 valence electrons. The second-order valence-corrected chi connectivity index (χ2v) is 5.82. The van der Waals surface area contributed by atoms with Crippen LogP contribution >= 0.6 is 0 Å². The van der Waals surface area contributed by atoms with E-state index in [0.717, 1.165) is 17.6 Å². The molecule has 2 aromatic rings. The van der Waals surface area contributed by atoms with Gasteiger partial charge in [-0.05, 0) is 44.0 Å². The smallest absolute Gasteiger partial charge is 0.253 e. The number of imidazole rings is 1. The molecule has 0 saturated carbocycles. The number of piperidine rings is 3. The summed E-state index contributed by atoms with van der Waals surface area (Å²) in [5.74, 6) is 0.642. The van der Waals surface area contributed by atoms with Crippen LogP contribution in [0.15, 0.2) is 24.5 Å². The highest BCUT2D eigenvalue weighted by Gasteiger charge is 2.35. The molecule has 1 unspecified atom stereocenters. The van der Waals surface area contributed by atoms with Crippen LogP contribution in [-0.2, 0) is 0 Å². The van der Waals surface area contributed by atoms with Crippen molar-refractivity contribution in [2.45, 2.75) is 18.9 Å². The van der Waals surface area contributed by atoms with Crippen LogP contribution in [0.3, 0.4) is 0 Å². The Bertz CT molecular complexity index is 642. The third-order valence-electron chi connectivity index (χ3n) is 4.67. The SMILES string of the molecule is O=C(NC1CN2CCC1CC2)c1cccc2[nH]cnc12. The highest BCUT2D eigenvalue weighted by molar-refractivity contribution is 6.04. The molecule has 5 nitrogen and oxygen atoms in total. The molecule has 1 amide bonds. The summed E-state index contributed by atoms with van der Waals surface area (Å²) in [6, 6.07) is 5.97. The average Bonchev–Trinajstić information content (AvgIpc) is 2.96. The highest BCUT2D eigenvalue weighted by Crippen LogP contribution is 2.27. The number of fused-ring (bicyclic) bond motifs is 4. The minimum atomic E-state index is 0.00134. The zero-order valence-electron chi connectivity index (χ0n) is 11.3. The molecule has 1 atom stereocenters. The van der Waals surface area contributed by atoms with Crippen molar-refractivity contribution in [3.63, 3.8) is 0 Å². The lowest BCUT2D eigenvalue weighted by molar-refractivity contribution is 0.0621. The predicted octanol–water partition coefficient (Wildman–Crippen LogP) is 1.39. The molecular weight excluding hydrogens is 252 g/mol. The Morgan fingerprint density at radius 1 is 1.35 bits per heavy atom. The minimum Gasteiger partial charge on any atom is -0.348 e. The first-order chi connectivity index (χ1) is 9.81. The molecule has 2 bridgehead atoms. The Labute approximate surface area is 117 Å². The van der Waals surface area contributed by atoms with Crippen molar-refractivity contribution in [3.05, 3.63) is 30.1 Å². The van der Waals surface area contributed by atoms with Gasteiger partial charge in [0.25, 0.3) is 5.91 Å². The summed E-state index contributed by atoms with van der Waals surface area (Å²) >= 11 is 0. The molecule has 0 aliphatic carbocycles. The molecule has 20 heavy (non-hydrogen) atoms. The van der Waals surface area contributed by atoms with Crippen LogP contribution in [0.2, 0.25) is 0 Å². The number of carbonyl (C=O) groups excluding carboxylic acids is 1. The van der Waals surface area contributed by atoms with Gasteiger partial charge < -0.3 is 15.2 Å². The van der Waals surface area contributed by atoms with Gasteiger partial charge >= 0.3 is 0 Å². The maximum atomic E-state index is 12.5. The number of aromatic amines is 1. The second kappa shape index (κ2) is 4.59. The Morgan fingerprint density at radius 2 is 2.20 bits per heavy atom. The van der Waals surface area contributed by atoms with Gasteiger partial charge in [-0.3, -0.25) is 4.79 Å². The van der Waals surface area contributed by atoms with Gasteiger partial charge in [0.05, 0.1) is 17.4 Å². The van der Waals surface area contributed by atoms with Gasteiger partial charge in [-0.25, -0.2) is 4.98 Å². The standard InChI is InChI=1S/C15H18N4O/c20-15(11-2-1-3-12-14(11)17-9-16-12)18-13-8-19-6-4-10(13)5-7-19/h1-3,9-10,13H,4-8H2,(H,16,17)(H,18,20). The van der Waals surface area contributed by atoms with Crippen molar-refractivity contribution in [2.75, 3.05) is 19.6 Å². The Kier molecular flexibility index (Phi) is 2.73. The van der Waals surface area contributed by atoms with E-state index in [-0.39, 0.29) is 5.91 Å². The molecule has 5 rings (SSSR count). The summed E-state index contributed by atoms with van der Waals surface area (Å²) in [5.41, 5.74) is 2.33. The van der Waals surface area contributed by atoms with E-state index >= 15 is 0 Å².